The van der Waals surface area contributed by atoms with Crippen molar-refractivity contribution in [3.63, 3.8) is 0 Å². The third-order valence-electron chi connectivity index (χ3n) is 2.53. The van der Waals surface area contributed by atoms with Crippen molar-refractivity contribution in [2.24, 2.45) is 0 Å². The molecule has 0 fully saturated rings. The van der Waals surface area contributed by atoms with Crippen LogP contribution in [0.5, 0.6) is 5.75 Å². The number of ether oxygens (including phenoxy) is 1. The highest BCUT2D eigenvalue weighted by atomic mass is 79.9. The molecule has 0 aliphatic carbocycles. The largest absolute Gasteiger partial charge is 0.496 e. The van der Waals surface area contributed by atoms with Gasteiger partial charge in [-0.2, -0.15) is 0 Å². The Balaban J connectivity index is 2.00. The molecule has 2 rings (SSSR count). The molecule has 0 saturated heterocycles. The van der Waals surface area contributed by atoms with Crippen LogP contribution in [0, 0.1) is 0 Å². The SMILES string of the molecule is COc1ccccc1C(=O)NNC(=O)c1cc(Br)c[nH]1. The van der Waals surface area contributed by atoms with Gasteiger partial charge in [-0.15, -0.1) is 0 Å². The zero-order valence-corrected chi connectivity index (χ0v) is 12.2. The van der Waals surface area contributed by atoms with Gasteiger partial charge in [-0.1, -0.05) is 12.1 Å². The van der Waals surface area contributed by atoms with Gasteiger partial charge >= 0.3 is 0 Å². The Bertz CT molecular complexity index is 639. The normalized spacial score (nSPS) is 9.90. The Morgan fingerprint density at radius 1 is 1.20 bits per heavy atom. The van der Waals surface area contributed by atoms with E-state index in [-0.39, 0.29) is 0 Å². The number of aromatic amines is 1. The smallest absolute Gasteiger partial charge is 0.286 e. The Morgan fingerprint density at radius 3 is 2.55 bits per heavy atom. The molecule has 3 N–H and O–H groups in total. The predicted octanol–water partition coefficient (Wildman–Crippen LogP) is 1.86. The molecule has 20 heavy (non-hydrogen) atoms. The standard InChI is InChI=1S/C13H12BrN3O3/c1-20-11-5-3-2-4-9(11)12(18)16-17-13(19)10-6-8(14)7-15-10/h2-7,15H,1H3,(H,16,18)(H,17,19). The zero-order chi connectivity index (χ0) is 14.5. The molecule has 6 nitrogen and oxygen atoms in total. The number of para-hydroxylation sites is 1. The minimum absolute atomic E-state index is 0.331. The Hall–Kier alpha value is -2.28. The van der Waals surface area contributed by atoms with Crippen LogP contribution in [-0.4, -0.2) is 23.9 Å². The van der Waals surface area contributed by atoms with Crippen molar-refractivity contribution in [2.75, 3.05) is 7.11 Å². The third-order valence-corrected chi connectivity index (χ3v) is 2.99. The zero-order valence-electron chi connectivity index (χ0n) is 10.6. The van der Waals surface area contributed by atoms with Gasteiger partial charge in [0.15, 0.2) is 0 Å². The van der Waals surface area contributed by atoms with Crippen molar-refractivity contribution in [3.8, 4) is 5.75 Å². The quantitative estimate of drug-likeness (QED) is 0.747. The van der Waals surface area contributed by atoms with Crippen molar-refractivity contribution >= 4 is 27.7 Å². The summed E-state index contributed by atoms with van der Waals surface area (Å²) in [7, 11) is 1.47. The van der Waals surface area contributed by atoms with Crippen LogP contribution >= 0.6 is 15.9 Å². The molecule has 1 aromatic heterocycles. The number of methoxy groups -OCH3 is 1. The van der Waals surface area contributed by atoms with E-state index in [2.05, 4.69) is 31.8 Å². The molecule has 0 bridgehead atoms. The number of hydrogen-bond donors (Lipinski definition) is 3. The van der Waals surface area contributed by atoms with Crippen molar-refractivity contribution in [3.05, 3.63) is 52.3 Å². The molecule has 0 radical (unpaired) electrons. The number of benzene rings is 1. The monoisotopic (exact) mass is 337 g/mol. The highest BCUT2D eigenvalue weighted by Crippen LogP contribution is 2.16. The molecule has 0 saturated carbocycles. The number of H-pyrrole nitrogens is 1. The summed E-state index contributed by atoms with van der Waals surface area (Å²) < 4.78 is 5.82. The fraction of sp³-hybridized carbons (Fsp3) is 0.0769. The fourth-order valence-corrected chi connectivity index (χ4v) is 1.92. The first-order valence-corrected chi connectivity index (χ1v) is 6.48. The second-order valence-corrected chi connectivity index (χ2v) is 4.76. The molecule has 0 spiro atoms. The van der Waals surface area contributed by atoms with E-state index < -0.39 is 11.8 Å². The molecule has 1 heterocycles. The van der Waals surface area contributed by atoms with E-state index >= 15 is 0 Å². The van der Waals surface area contributed by atoms with Crippen LogP contribution in [0.15, 0.2) is 41.0 Å². The van der Waals surface area contributed by atoms with Crippen molar-refractivity contribution in [1.82, 2.24) is 15.8 Å². The van der Waals surface area contributed by atoms with Crippen LogP contribution in [0.1, 0.15) is 20.8 Å². The summed E-state index contributed by atoms with van der Waals surface area (Å²) in [6, 6.07) is 8.33. The van der Waals surface area contributed by atoms with Gasteiger partial charge < -0.3 is 9.72 Å². The number of aromatic nitrogens is 1. The molecule has 0 aliphatic rings. The number of carbonyl (C=O) groups excluding carboxylic acids is 2. The van der Waals surface area contributed by atoms with Crippen LogP contribution < -0.4 is 15.6 Å². The number of rotatable bonds is 3. The fourth-order valence-electron chi connectivity index (χ4n) is 1.58. The van der Waals surface area contributed by atoms with Gasteiger partial charge in [0.05, 0.1) is 12.7 Å². The first-order chi connectivity index (χ1) is 9.61. The number of hydrazine groups is 1. The van der Waals surface area contributed by atoms with E-state index in [1.807, 2.05) is 0 Å². The van der Waals surface area contributed by atoms with Crippen LogP contribution in [-0.2, 0) is 0 Å². The number of amides is 2. The highest BCUT2D eigenvalue weighted by molar-refractivity contribution is 9.10. The van der Waals surface area contributed by atoms with E-state index in [9.17, 15) is 9.59 Å². The van der Waals surface area contributed by atoms with Crippen LogP contribution in [0.3, 0.4) is 0 Å². The van der Waals surface area contributed by atoms with Crippen LogP contribution in [0.2, 0.25) is 0 Å². The van der Waals surface area contributed by atoms with Gasteiger partial charge in [0.25, 0.3) is 11.8 Å². The predicted molar refractivity (Wildman–Crippen MR) is 76.4 cm³/mol. The highest BCUT2D eigenvalue weighted by Gasteiger charge is 2.13. The molecule has 104 valence electrons. The number of carbonyl (C=O) groups is 2. The molecule has 0 aliphatic heterocycles. The summed E-state index contributed by atoms with van der Waals surface area (Å²) in [6.07, 6.45) is 1.62. The number of hydrogen-bond acceptors (Lipinski definition) is 3. The lowest BCUT2D eigenvalue weighted by Crippen LogP contribution is -2.41. The van der Waals surface area contributed by atoms with Crippen LogP contribution in [0.25, 0.3) is 0 Å². The topological polar surface area (TPSA) is 83.2 Å². The summed E-state index contributed by atoms with van der Waals surface area (Å²) in [5, 5.41) is 0. The van der Waals surface area contributed by atoms with E-state index in [0.29, 0.717) is 17.0 Å². The van der Waals surface area contributed by atoms with Crippen molar-refractivity contribution in [1.29, 1.82) is 0 Å². The summed E-state index contributed by atoms with van der Waals surface area (Å²) in [4.78, 5) is 26.4. The first kappa shape index (κ1) is 14.1. The van der Waals surface area contributed by atoms with Crippen molar-refractivity contribution in [2.45, 2.75) is 0 Å². The summed E-state index contributed by atoms with van der Waals surface area (Å²) in [5.74, 6) is -0.470. The molecule has 2 aromatic rings. The van der Waals surface area contributed by atoms with Gasteiger partial charge in [0.1, 0.15) is 11.4 Å². The third kappa shape index (κ3) is 3.18. The molecule has 1 aromatic carbocycles. The summed E-state index contributed by atoms with van der Waals surface area (Å²) in [6.45, 7) is 0. The number of halogens is 1. The average Bonchev–Trinajstić information content (AvgIpc) is 2.91. The molecule has 2 amide bonds. The number of nitrogens with one attached hydrogen (secondary N) is 3. The van der Waals surface area contributed by atoms with Crippen LogP contribution in [0.4, 0.5) is 0 Å². The molecule has 0 unspecified atom stereocenters. The van der Waals surface area contributed by atoms with E-state index in [1.165, 1.54) is 7.11 Å². The summed E-state index contributed by atoms with van der Waals surface area (Å²) in [5.41, 5.74) is 5.31. The molecule has 0 atom stereocenters. The second kappa shape index (κ2) is 6.25. The lowest BCUT2D eigenvalue weighted by atomic mass is 10.2. The van der Waals surface area contributed by atoms with Gasteiger partial charge in [0.2, 0.25) is 0 Å². The van der Waals surface area contributed by atoms with E-state index in [0.717, 1.165) is 4.47 Å². The molecular formula is C13H12BrN3O3. The molecular weight excluding hydrogens is 326 g/mol. The Kier molecular flexibility index (Phi) is 4.41. The second-order valence-electron chi connectivity index (χ2n) is 3.84. The lowest BCUT2D eigenvalue weighted by molar-refractivity contribution is 0.0842. The Morgan fingerprint density at radius 2 is 1.90 bits per heavy atom. The lowest BCUT2D eigenvalue weighted by Gasteiger charge is -2.09. The van der Waals surface area contributed by atoms with Crippen molar-refractivity contribution < 1.29 is 14.3 Å². The van der Waals surface area contributed by atoms with Gasteiger partial charge in [-0.25, -0.2) is 0 Å². The Labute approximate surface area is 123 Å². The average molecular weight is 338 g/mol. The maximum absolute atomic E-state index is 11.9. The summed E-state index contributed by atoms with van der Waals surface area (Å²) >= 11 is 3.22. The van der Waals surface area contributed by atoms with E-state index in [4.69, 9.17) is 4.74 Å². The minimum atomic E-state index is -0.457. The van der Waals surface area contributed by atoms with Gasteiger partial charge in [-0.3, -0.25) is 20.4 Å². The van der Waals surface area contributed by atoms with E-state index in [1.54, 1.807) is 36.5 Å². The maximum atomic E-state index is 11.9. The maximum Gasteiger partial charge on any atom is 0.286 e. The first-order valence-electron chi connectivity index (χ1n) is 5.69. The minimum Gasteiger partial charge on any atom is -0.496 e. The molecule has 7 heteroatoms. The van der Waals surface area contributed by atoms with Gasteiger partial charge in [0, 0.05) is 10.7 Å². The van der Waals surface area contributed by atoms with Gasteiger partial charge in [-0.05, 0) is 34.1 Å².